The van der Waals surface area contributed by atoms with Gasteiger partial charge in [0.05, 0.1) is 25.0 Å². The minimum absolute atomic E-state index is 0.354. The van der Waals surface area contributed by atoms with Crippen molar-refractivity contribution in [3.8, 4) is 0 Å². The molecule has 0 aliphatic carbocycles. The van der Waals surface area contributed by atoms with Crippen LogP contribution in [0, 0.1) is 12.8 Å². The number of rotatable bonds is 5. The van der Waals surface area contributed by atoms with Crippen molar-refractivity contribution < 1.29 is 5.11 Å². The van der Waals surface area contributed by atoms with Crippen LogP contribution in [0.1, 0.15) is 43.5 Å². The maximum absolute atomic E-state index is 10.5. The molecule has 0 saturated carbocycles. The number of guanidine groups is 1. The molecule has 1 aliphatic rings. The molecular weight excluding hydrogens is 338 g/mol. The minimum Gasteiger partial charge on any atom is -0.386 e. The fraction of sp³-hybridized carbons (Fsp3) is 0.524. The highest BCUT2D eigenvalue weighted by atomic mass is 16.3. The number of aryl methyl sites for hydroxylation is 1. The van der Waals surface area contributed by atoms with Crippen LogP contribution in [0.2, 0.25) is 0 Å². The van der Waals surface area contributed by atoms with Gasteiger partial charge in [-0.2, -0.15) is 0 Å². The number of nitrogens with one attached hydrogen (secondary N) is 1. The van der Waals surface area contributed by atoms with Crippen LogP contribution in [0.25, 0.3) is 0 Å². The van der Waals surface area contributed by atoms with E-state index in [2.05, 4.69) is 33.6 Å². The summed E-state index contributed by atoms with van der Waals surface area (Å²) in [6.07, 6.45) is 6.29. The summed E-state index contributed by atoms with van der Waals surface area (Å²) in [5, 5.41) is 13.9. The van der Waals surface area contributed by atoms with Crippen molar-refractivity contribution in [2.75, 3.05) is 26.2 Å². The summed E-state index contributed by atoms with van der Waals surface area (Å²) in [4.78, 5) is 11.2. The summed E-state index contributed by atoms with van der Waals surface area (Å²) >= 11 is 0. The van der Waals surface area contributed by atoms with E-state index in [1.165, 1.54) is 5.56 Å². The second kappa shape index (κ2) is 9.04. The van der Waals surface area contributed by atoms with Gasteiger partial charge in [-0.05, 0) is 31.7 Å². The molecule has 1 aliphatic heterocycles. The topological polar surface area (TPSA) is 65.7 Å². The Hall–Kier alpha value is -2.34. The smallest absolute Gasteiger partial charge is 0.194 e. The third-order valence-electron chi connectivity index (χ3n) is 5.34. The summed E-state index contributed by atoms with van der Waals surface area (Å²) in [6.45, 7) is 9.45. The first kappa shape index (κ1) is 19.4. The van der Waals surface area contributed by atoms with E-state index < -0.39 is 6.10 Å². The predicted molar refractivity (Wildman–Crippen MR) is 109 cm³/mol. The molecule has 2 aromatic rings. The Morgan fingerprint density at radius 1 is 1.37 bits per heavy atom. The molecule has 6 heteroatoms. The fourth-order valence-corrected chi connectivity index (χ4v) is 3.59. The van der Waals surface area contributed by atoms with Gasteiger partial charge in [0, 0.05) is 32.0 Å². The normalized spacial score (nSPS) is 21.9. The van der Waals surface area contributed by atoms with Gasteiger partial charge in [0.2, 0.25) is 0 Å². The molecule has 2 N–H and O–H groups in total. The lowest BCUT2D eigenvalue weighted by Crippen LogP contribution is -2.49. The highest BCUT2D eigenvalue weighted by molar-refractivity contribution is 5.80. The van der Waals surface area contributed by atoms with E-state index in [0.29, 0.717) is 18.5 Å². The molecule has 1 aromatic carbocycles. The monoisotopic (exact) mass is 369 g/mol. The van der Waals surface area contributed by atoms with Gasteiger partial charge in [0.25, 0.3) is 0 Å². The Kier molecular flexibility index (Phi) is 6.50. The van der Waals surface area contributed by atoms with Crippen LogP contribution in [-0.4, -0.2) is 51.7 Å². The van der Waals surface area contributed by atoms with Crippen molar-refractivity contribution in [1.29, 1.82) is 0 Å². The zero-order valence-electron chi connectivity index (χ0n) is 16.5. The number of aliphatic imine (C=N–C) groups is 1. The van der Waals surface area contributed by atoms with Crippen molar-refractivity contribution in [2.45, 2.75) is 39.3 Å². The van der Waals surface area contributed by atoms with E-state index in [0.717, 1.165) is 37.6 Å². The molecule has 0 amide bonds. The Labute approximate surface area is 162 Å². The van der Waals surface area contributed by atoms with Crippen LogP contribution in [-0.2, 0) is 0 Å². The molecule has 0 bridgehead atoms. The molecule has 1 saturated heterocycles. The molecule has 0 radical (unpaired) electrons. The lowest BCUT2D eigenvalue weighted by atomic mass is 9.93. The van der Waals surface area contributed by atoms with Crippen LogP contribution in [0.15, 0.2) is 48.0 Å². The number of hydrogen-bond donors (Lipinski definition) is 2. The third-order valence-corrected chi connectivity index (χ3v) is 5.34. The highest BCUT2D eigenvalue weighted by Gasteiger charge is 2.29. The van der Waals surface area contributed by atoms with Crippen molar-refractivity contribution in [3.05, 3.63) is 54.1 Å². The minimum atomic E-state index is -0.590. The quantitative estimate of drug-likeness (QED) is 0.628. The van der Waals surface area contributed by atoms with Crippen LogP contribution >= 0.6 is 0 Å². The second-order valence-electron chi connectivity index (χ2n) is 7.41. The number of piperidine rings is 1. The molecule has 0 spiro atoms. The first-order valence-corrected chi connectivity index (χ1v) is 9.83. The number of imidazole rings is 1. The Morgan fingerprint density at radius 2 is 2.15 bits per heavy atom. The fourth-order valence-electron chi connectivity index (χ4n) is 3.59. The van der Waals surface area contributed by atoms with E-state index in [1.54, 1.807) is 0 Å². The number of nitrogens with zero attached hydrogens (tertiary/aromatic N) is 4. The summed E-state index contributed by atoms with van der Waals surface area (Å²) < 4.78 is 2.20. The van der Waals surface area contributed by atoms with Crippen molar-refractivity contribution in [1.82, 2.24) is 19.8 Å². The Balaban J connectivity index is 1.70. The molecular formula is C21H31N5O. The molecule has 6 nitrogen and oxygen atoms in total. The summed E-state index contributed by atoms with van der Waals surface area (Å²) in [5.41, 5.74) is 2.10. The van der Waals surface area contributed by atoms with Crippen LogP contribution in [0.3, 0.4) is 0 Å². The molecule has 2 heterocycles. The molecule has 1 fully saturated rings. The van der Waals surface area contributed by atoms with Gasteiger partial charge in [0.15, 0.2) is 5.96 Å². The van der Waals surface area contributed by atoms with E-state index in [9.17, 15) is 5.11 Å². The predicted octanol–water partition coefficient (Wildman–Crippen LogP) is 2.77. The van der Waals surface area contributed by atoms with Gasteiger partial charge >= 0.3 is 0 Å². The van der Waals surface area contributed by atoms with E-state index in [4.69, 9.17) is 4.99 Å². The largest absolute Gasteiger partial charge is 0.386 e. The van der Waals surface area contributed by atoms with Crippen LogP contribution in [0.5, 0.6) is 0 Å². The average molecular weight is 370 g/mol. The third kappa shape index (κ3) is 4.89. The van der Waals surface area contributed by atoms with Gasteiger partial charge in [-0.15, -0.1) is 0 Å². The summed E-state index contributed by atoms with van der Waals surface area (Å²) in [5.74, 6) is 1.47. The van der Waals surface area contributed by atoms with Crippen molar-refractivity contribution in [2.24, 2.45) is 10.9 Å². The maximum Gasteiger partial charge on any atom is 0.194 e. The zero-order chi connectivity index (χ0) is 19.2. The lowest BCUT2D eigenvalue weighted by molar-refractivity contribution is 0.179. The summed E-state index contributed by atoms with van der Waals surface area (Å²) in [6, 6.07) is 8.37. The standard InChI is InChI=1S/C21H31N5O/c1-4-23-21(24-13-20(27)18-7-5-16(2)6-8-18)25-11-9-17(3)19(14-25)26-12-10-22-15-26/h5-8,10,12,15,17,19-20,27H,4,9,11,13-14H2,1-3H3,(H,23,24). The average Bonchev–Trinajstić information content (AvgIpc) is 3.20. The van der Waals surface area contributed by atoms with Crippen LogP contribution < -0.4 is 5.32 Å². The van der Waals surface area contributed by atoms with Gasteiger partial charge in [-0.3, -0.25) is 4.99 Å². The second-order valence-corrected chi connectivity index (χ2v) is 7.41. The first-order chi connectivity index (χ1) is 13.1. The molecule has 1 aromatic heterocycles. The van der Waals surface area contributed by atoms with E-state index in [-0.39, 0.29) is 0 Å². The van der Waals surface area contributed by atoms with Gasteiger partial charge < -0.3 is 19.9 Å². The van der Waals surface area contributed by atoms with E-state index in [1.807, 2.05) is 49.9 Å². The number of aromatic nitrogens is 2. The lowest BCUT2D eigenvalue weighted by Gasteiger charge is -2.39. The van der Waals surface area contributed by atoms with Crippen molar-refractivity contribution in [3.63, 3.8) is 0 Å². The SMILES string of the molecule is CCNC(=NCC(O)c1ccc(C)cc1)N1CCC(C)C(n2ccnc2)C1. The maximum atomic E-state index is 10.5. The highest BCUT2D eigenvalue weighted by Crippen LogP contribution is 2.27. The van der Waals surface area contributed by atoms with Gasteiger partial charge in [-0.1, -0.05) is 36.8 Å². The first-order valence-electron chi connectivity index (χ1n) is 9.83. The number of aliphatic hydroxyl groups excluding tert-OH is 1. The summed E-state index contributed by atoms with van der Waals surface area (Å²) in [7, 11) is 0. The zero-order valence-corrected chi connectivity index (χ0v) is 16.5. The molecule has 3 unspecified atom stereocenters. The molecule has 146 valence electrons. The van der Waals surface area contributed by atoms with Crippen molar-refractivity contribution >= 4 is 5.96 Å². The number of benzene rings is 1. The Morgan fingerprint density at radius 3 is 2.81 bits per heavy atom. The number of aliphatic hydroxyl groups is 1. The van der Waals surface area contributed by atoms with E-state index >= 15 is 0 Å². The van der Waals surface area contributed by atoms with Gasteiger partial charge in [0.1, 0.15) is 0 Å². The molecule has 3 rings (SSSR count). The Bertz CT molecular complexity index is 726. The van der Waals surface area contributed by atoms with Gasteiger partial charge in [-0.25, -0.2) is 4.98 Å². The number of likely N-dealkylation sites (tertiary alicyclic amines) is 1. The molecule has 27 heavy (non-hydrogen) atoms. The molecule has 3 atom stereocenters. The number of hydrogen-bond acceptors (Lipinski definition) is 3. The van der Waals surface area contributed by atoms with Crippen LogP contribution in [0.4, 0.5) is 0 Å².